The fourth-order valence-corrected chi connectivity index (χ4v) is 5.06. The van der Waals surface area contributed by atoms with Gasteiger partial charge in [0.15, 0.2) is 0 Å². The van der Waals surface area contributed by atoms with Crippen LogP contribution < -0.4 is 0 Å². The maximum absolute atomic E-state index is 12.0. The molecule has 0 aromatic heterocycles. The van der Waals surface area contributed by atoms with Gasteiger partial charge in [-0.05, 0) is 65.1 Å². The van der Waals surface area contributed by atoms with Crippen LogP contribution in [0.2, 0.25) is 0 Å². The van der Waals surface area contributed by atoms with Crippen LogP contribution in [-0.2, 0) is 4.74 Å². The largest absolute Gasteiger partial charge is 0.478 e. The van der Waals surface area contributed by atoms with E-state index < -0.39 is 5.97 Å². The predicted molar refractivity (Wildman–Crippen MR) is 146 cm³/mol. The Hall–Kier alpha value is -3.83. The zero-order chi connectivity index (χ0) is 25.2. The van der Waals surface area contributed by atoms with Crippen molar-refractivity contribution in [1.82, 2.24) is 0 Å². The molecule has 5 heteroatoms. The summed E-state index contributed by atoms with van der Waals surface area (Å²) in [6, 6.07) is 34.5. The van der Waals surface area contributed by atoms with Gasteiger partial charge in [-0.25, -0.2) is 9.59 Å². The highest BCUT2D eigenvalue weighted by molar-refractivity contribution is 8.00. The van der Waals surface area contributed by atoms with E-state index in [9.17, 15) is 9.59 Å². The summed E-state index contributed by atoms with van der Waals surface area (Å²) in [7, 11) is 0. The number of thioether (sulfide) groups is 1. The van der Waals surface area contributed by atoms with Gasteiger partial charge in [-0.3, -0.25) is 0 Å². The van der Waals surface area contributed by atoms with Crippen molar-refractivity contribution in [2.24, 2.45) is 0 Å². The van der Waals surface area contributed by atoms with Crippen molar-refractivity contribution >= 4 is 23.7 Å². The van der Waals surface area contributed by atoms with Crippen LogP contribution in [0.4, 0.5) is 0 Å². The molecule has 1 N–H and O–H groups in total. The summed E-state index contributed by atoms with van der Waals surface area (Å²) in [6.45, 7) is 0.532. The quantitative estimate of drug-likeness (QED) is 0.281. The Bertz CT molecular complexity index is 1250. The van der Waals surface area contributed by atoms with E-state index in [0.717, 1.165) is 28.7 Å². The van der Waals surface area contributed by atoms with Crippen LogP contribution in [0.25, 0.3) is 22.3 Å². The maximum Gasteiger partial charge on any atom is 0.338 e. The third-order valence-corrected chi connectivity index (χ3v) is 7.26. The number of esters is 1. The molecule has 0 radical (unpaired) electrons. The first kappa shape index (κ1) is 25.3. The van der Waals surface area contributed by atoms with Crippen LogP contribution in [0, 0.1) is 0 Å². The Kier molecular flexibility index (Phi) is 8.95. The van der Waals surface area contributed by atoms with Crippen LogP contribution in [0.5, 0.6) is 0 Å². The normalized spacial score (nSPS) is 14.4. The predicted octanol–water partition coefficient (Wildman–Crippen LogP) is 7.46. The monoisotopic (exact) mass is 496 g/mol. The minimum atomic E-state index is -0.894. The summed E-state index contributed by atoms with van der Waals surface area (Å²) >= 11 is 1.90. The van der Waals surface area contributed by atoms with E-state index in [0.29, 0.717) is 23.0 Å². The van der Waals surface area contributed by atoms with E-state index in [1.54, 1.807) is 12.1 Å². The molecule has 5 rings (SSSR count). The van der Waals surface area contributed by atoms with E-state index in [1.807, 2.05) is 96.7 Å². The van der Waals surface area contributed by atoms with Gasteiger partial charge in [-0.15, -0.1) is 0 Å². The first-order valence-electron chi connectivity index (χ1n) is 11.9. The summed E-state index contributed by atoms with van der Waals surface area (Å²) in [6.07, 6.45) is 2.39. The second-order valence-corrected chi connectivity index (χ2v) is 9.83. The van der Waals surface area contributed by atoms with Gasteiger partial charge >= 0.3 is 11.9 Å². The van der Waals surface area contributed by atoms with Crippen LogP contribution in [0.3, 0.4) is 0 Å². The van der Waals surface area contributed by atoms with Gasteiger partial charge < -0.3 is 9.84 Å². The molecule has 0 amide bonds. The molecule has 0 unspecified atom stereocenters. The number of carboxylic acids is 1. The van der Waals surface area contributed by atoms with Gasteiger partial charge in [-0.2, -0.15) is 11.8 Å². The van der Waals surface area contributed by atoms with E-state index in [4.69, 9.17) is 9.84 Å². The number of carbonyl (C=O) groups is 2. The second-order valence-electron chi connectivity index (χ2n) is 8.43. The molecule has 4 nitrogen and oxygen atoms in total. The van der Waals surface area contributed by atoms with Gasteiger partial charge in [0.2, 0.25) is 0 Å². The number of ether oxygens (including phenoxy) is 1. The second kappa shape index (κ2) is 12.8. The van der Waals surface area contributed by atoms with Gasteiger partial charge in [0.05, 0.1) is 11.1 Å². The molecule has 1 aliphatic heterocycles. The fourth-order valence-electron chi connectivity index (χ4n) is 3.89. The Balaban J connectivity index is 0.000000179. The van der Waals surface area contributed by atoms with Crippen LogP contribution in [-0.4, -0.2) is 34.7 Å². The molecule has 0 bridgehead atoms. The van der Waals surface area contributed by atoms with Crippen LogP contribution >= 0.6 is 11.8 Å². The minimum absolute atomic E-state index is 0.220. The Labute approximate surface area is 216 Å². The Morgan fingerprint density at radius 1 is 0.694 bits per heavy atom. The molecule has 1 saturated heterocycles. The lowest BCUT2D eigenvalue weighted by Crippen LogP contribution is -2.13. The van der Waals surface area contributed by atoms with E-state index >= 15 is 0 Å². The van der Waals surface area contributed by atoms with Crippen molar-refractivity contribution in [3.8, 4) is 22.3 Å². The lowest BCUT2D eigenvalue weighted by Gasteiger charge is -2.10. The smallest absolute Gasteiger partial charge is 0.338 e. The van der Waals surface area contributed by atoms with Gasteiger partial charge in [0.25, 0.3) is 0 Å². The molecule has 1 aliphatic rings. The molecule has 4 aromatic carbocycles. The molecule has 4 aromatic rings. The standard InChI is InChI=1S/C18H18O2S.C13H10O2/c19-18(20-13-17-7-4-12-21-17)16-10-8-15(9-11-16)14-5-2-1-3-6-14;14-13(15)12-8-6-11(7-9-12)10-4-2-1-3-5-10/h1-3,5-6,8-11,17H,4,7,12-13H2;1-9H,(H,14,15)/t17-;/m0./s1. The molecular formula is C31H28O4S. The number of hydrogen-bond acceptors (Lipinski definition) is 4. The van der Waals surface area contributed by atoms with Crippen LogP contribution in [0.1, 0.15) is 33.6 Å². The van der Waals surface area contributed by atoms with Gasteiger partial charge in [0, 0.05) is 5.25 Å². The topological polar surface area (TPSA) is 63.6 Å². The summed E-state index contributed by atoms with van der Waals surface area (Å²) in [4.78, 5) is 22.7. The Morgan fingerprint density at radius 2 is 1.17 bits per heavy atom. The highest BCUT2D eigenvalue weighted by Gasteiger charge is 2.18. The number of carbonyl (C=O) groups excluding carboxylic acids is 1. The van der Waals surface area contributed by atoms with Gasteiger partial charge in [-0.1, -0.05) is 84.9 Å². The first-order valence-corrected chi connectivity index (χ1v) is 13.0. The molecule has 182 valence electrons. The summed E-state index contributed by atoms with van der Waals surface area (Å²) in [5.74, 6) is 0.0743. The molecule has 0 spiro atoms. The van der Waals surface area contributed by atoms with Crippen molar-refractivity contribution in [2.75, 3.05) is 12.4 Å². The van der Waals surface area contributed by atoms with Crippen molar-refractivity contribution in [1.29, 1.82) is 0 Å². The maximum atomic E-state index is 12.0. The number of benzene rings is 4. The summed E-state index contributed by atoms with van der Waals surface area (Å²) in [5, 5.41) is 9.23. The molecule has 0 saturated carbocycles. The SMILES string of the molecule is O=C(O)c1ccc(-c2ccccc2)cc1.O=C(OC[C@@H]1CCCS1)c1ccc(-c2ccccc2)cc1. The number of carboxylic acid groups (broad SMARTS) is 1. The average molecular weight is 497 g/mol. The lowest BCUT2D eigenvalue weighted by atomic mass is 10.0. The molecule has 1 atom stereocenters. The zero-order valence-corrected chi connectivity index (χ0v) is 20.7. The highest BCUT2D eigenvalue weighted by Crippen LogP contribution is 2.26. The Morgan fingerprint density at radius 3 is 1.61 bits per heavy atom. The van der Waals surface area contributed by atoms with E-state index in [-0.39, 0.29) is 5.97 Å². The van der Waals surface area contributed by atoms with E-state index in [2.05, 4.69) is 12.1 Å². The minimum Gasteiger partial charge on any atom is -0.478 e. The van der Waals surface area contributed by atoms with Crippen LogP contribution in [0.15, 0.2) is 109 Å². The van der Waals surface area contributed by atoms with E-state index in [1.165, 1.54) is 12.2 Å². The third kappa shape index (κ3) is 7.09. The third-order valence-electron chi connectivity index (χ3n) is 5.89. The van der Waals surface area contributed by atoms with Crippen molar-refractivity contribution in [3.63, 3.8) is 0 Å². The number of hydrogen-bond donors (Lipinski definition) is 1. The fraction of sp³-hybridized carbons (Fsp3) is 0.161. The molecule has 0 aliphatic carbocycles. The van der Waals surface area contributed by atoms with Gasteiger partial charge in [0.1, 0.15) is 6.61 Å². The first-order chi connectivity index (χ1) is 17.6. The number of aromatic carboxylic acids is 1. The average Bonchev–Trinajstić information content (AvgIpc) is 3.47. The van der Waals surface area contributed by atoms with Crippen molar-refractivity contribution in [2.45, 2.75) is 18.1 Å². The van der Waals surface area contributed by atoms with Crippen molar-refractivity contribution in [3.05, 3.63) is 120 Å². The summed E-state index contributed by atoms with van der Waals surface area (Å²) in [5.41, 5.74) is 5.32. The molecular weight excluding hydrogens is 468 g/mol. The number of rotatable bonds is 6. The molecule has 36 heavy (non-hydrogen) atoms. The summed E-state index contributed by atoms with van der Waals surface area (Å²) < 4.78 is 5.40. The highest BCUT2D eigenvalue weighted by atomic mass is 32.2. The molecule has 1 fully saturated rings. The molecule has 1 heterocycles. The zero-order valence-electron chi connectivity index (χ0n) is 19.9. The lowest BCUT2D eigenvalue weighted by molar-refractivity contribution is 0.0505. The van der Waals surface area contributed by atoms with Crippen molar-refractivity contribution < 1.29 is 19.4 Å².